The highest BCUT2D eigenvalue weighted by atomic mass is 16.5. The predicted molar refractivity (Wildman–Crippen MR) is 63.8 cm³/mol. The first-order chi connectivity index (χ1) is 8.49. The van der Waals surface area contributed by atoms with Crippen molar-refractivity contribution in [2.24, 2.45) is 5.92 Å². The van der Waals surface area contributed by atoms with E-state index in [9.17, 15) is 14.7 Å². The molecule has 1 heterocycles. The molecule has 0 aliphatic carbocycles. The van der Waals surface area contributed by atoms with Crippen LogP contribution in [-0.2, 0) is 19.1 Å². The number of likely N-dealkylation sites (tertiary alicyclic amines) is 1. The monoisotopic (exact) mass is 259 g/mol. The van der Waals surface area contributed by atoms with Gasteiger partial charge >= 0.3 is 5.97 Å². The summed E-state index contributed by atoms with van der Waals surface area (Å²) in [5.41, 5.74) is 0. The van der Waals surface area contributed by atoms with Crippen molar-refractivity contribution in [1.29, 1.82) is 0 Å². The molecule has 104 valence electrons. The van der Waals surface area contributed by atoms with E-state index in [4.69, 9.17) is 4.74 Å². The molecule has 1 saturated heterocycles. The van der Waals surface area contributed by atoms with Crippen molar-refractivity contribution in [2.45, 2.75) is 31.9 Å². The van der Waals surface area contributed by atoms with E-state index in [0.717, 1.165) is 0 Å². The van der Waals surface area contributed by atoms with Gasteiger partial charge in [-0.15, -0.1) is 0 Å². The summed E-state index contributed by atoms with van der Waals surface area (Å²) in [6.45, 7) is 2.59. The van der Waals surface area contributed by atoms with Gasteiger partial charge in [-0.1, -0.05) is 6.92 Å². The molecule has 1 N–H and O–H groups in total. The number of methoxy groups -OCH3 is 2. The molecule has 0 spiro atoms. The lowest BCUT2D eigenvalue weighted by Crippen LogP contribution is -2.41. The van der Waals surface area contributed by atoms with E-state index in [-0.39, 0.29) is 24.8 Å². The Morgan fingerprint density at radius 2 is 2.11 bits per heavy atom. The Hall–Kier alpha value is -1.14. The Morgan fingerprint density at radius 1 is 1.44 bits per heavy atom. The third kappa shape index (κ3) is 3.68. The second-order valence-corrected chi connectivity index (χ2v) is 4.74. The molecule has 6 nitrogen and oxygen atoms in total. The lowest BCUT2D eigenvalue weighted by molar-refractivity contribution is -0.151. The van der Waals surface area contributed by atoms with Crippen molar-refractivity contribution < 1.29 is 24.2 Å². The third-order valence-corrected chi connectivity index (χ3v) is 3.05. The van der Waals surface area contributed by atoms with E-state index >= 15 is 0 Å². The Kier molecular flexibility index (Phi) is 5.55. The van der Waals surface area contributed by atoms with Gasteiger partial charge in [0.25, 0.3) is 0 Å². The maximum absolute atomic E-state index is 12.1. The van der Waals surface area contributed by atoms with Crippen LogP contribution in [0.1, 0.15) is 19.8 Å². The molecule has 18 heavy (non-hydrogen) atoms. The van der Waals surface area contributed by atoms with E-state index in [1.54, 1.807) is 7.11 Å². The van der Waals surface area contributed by atoms with Crippen LogP contribution in [0.3, 0.4) is 0 Å². The number of hydrogen-bond donors (Lipinski definition) is 1. The summed E-state index contributed by atoms with van der Waals surface area (Å²) in [5, 5.41) is 9.57. The minimum atomic E-state index is -0.660. The molecule has 0 aromatic heterocycles. The first-order valence-corrected chi connectivity index (χ1v) is 6.03. The minimum absolute atomic E-state index is 0.0820. The molecule has 0 aromatic rings. The summed E-state index contributed by atoms with van der Waals surface area (Å²) in [7, 11) is 2.86. The molecule has 1 aliphatic heterocycles. The summed E-state index contributed by atoms with van der Waals surface area (Å²) in [6, 6.07) is -0.660. The van der Waals surface area contributed by atoms with Crippen molar-refractivity contribution in [1.82, 2.24) is 4.90 Å². The van der Waals surface area contributed by atoms with E-state index in [1.807, 2.05) is 6.92 Å². The number of carbonyl (C=O) groups is 2. The second-order valence-electron chi connectivity index (χ2n) is 4.74. The van der Waals surface area contributed by atoms with Crippen LogP contribution >= 0.6 is 0 Å². The van der Waals surface area contributed by atoms with Gasteiger partial charge in [-0.2, -0.15) is 0 Å². The number of aliphatic hydroxyl groups excluding tert-OH is 1. The number of aliphatic hydroxyl groups is 1. The minimum Gasteiger partial charge on any atom is -0.467 e. The maximum Gasteiger partial charge on any atom is 0.328 e. The topological polar surface area (TPSA) is 76.1 Å². The number of carbonyl (C=O) groups excluding carboxylic acids is 2. The van der Waals surface area contributed by atoms with Crippen molar-refractivity contribution in [3.63, 3.8) is 0 Å². The molecule has 0 radical (unpaired) electrons. The quantitative estimate of drug-likeness (QED) is 0.692. The summed E-state index contributed by atoms with van der Waals surface area (Å²) in [6.07, 6.45) is -0.110. The molecule has 3 unspecified atom stereocenters. The second kappa shape index (κ2) is 6.70. The fourth-order valence-corrected chi connectivity index (χ4v) is 2.21. The van der Waals surface area contributed by atoms with E-state index in [2.05, 4.69) is 4.74 Å². The van der Waals surface area contributed by atoms with Crippen molar-refractivity contribution in [3.8, 4) is 0 Å². The molecular weight excluding hydrogens is 238 g/mol. The van der Waals surface area contributed by atoms with E-state index < -0.39 is 18.1 Å². The molecule has 1 fully saturated rings. The van der Waals surface area contributed by atoms with Crippen LogP contribution in [0.25, 0.3) is 0 Å². The molecule has 6 heteroatoms. The Labute approximate surface area is 107 Å². The number of nitrogens with zero attached hydrogens (tertiary/aromatic N) is 1. The van der Waals surface area contributed by atoms with Gasteiger partial charge in [-0.25, -0.2) is 4.79 Å². The van der Waals surface area contributed by atoms with Gasteiger partial charge in [0.1, 0.15) is 6.04 Å². The average Bonchev–Trinajstić information content (AvgIpc) is 2.70. The van der Waals surface area contributed by atoms with Gasteiger partial charge in [-0.3, -0.25) is 4.79 Å². The van der Waals surface area contributed by atoms with Crippen LogP contribution in [0.4, 0.5) is 0 Å². The highest BCUT2D eigenvalue weighted by Crippen LogP contribution is 2.21. The number of β-amino-alcohol motifs (C(OH)–C–C–N with tert-alkyl or cyclic N) is 1. The van der Waals surface area contributed by atoms with E-state index in [0.29, 0.717) is 13.0 Å². The SMILES string of the molecule is COCC(C)CC(=O)N1CC(O)CC1C(=O)OC. The molecule has 1 rings (SSSR count). The summed E-state index contributed by atoms with van der Waals surface area (Å²) in [4.78, 5) is 25.0. The number of ether oxygens (including phenoxy) is 2. The molecule has 1 aliphatic rings. The summed E-state index contributed by atoms with van der Waals surface area (Å²) in [5.74, 6) is -0.538. The summed E-state index contributed by atoms with van der Waals surface area (Å²) >= 11 is 0. The Morgan fingerprint density at radius 3 is 2.67 bits per heavy atom. The first-order valence-electron chi connectivity index (χ1n) is 6.03. The number of rotatable bonds is 5. The van der Waals surface area contributed by atoms with Crippen LogP contribution < -0.4 is 0 Å². The molecular formula is C12H21NO5. The summed E-state index contributed by atoms with van der Waals surface area (Å²) < 4.78 is 9.62. The van der Waals surface area contributed by atoms with Gasteiger partial charge in [-0.05, 0) is 5.92 Å². The van der Waals surface area contributed by atoms with Crippen LogP contribution in [0.5, 0.6) is 0 Å². The maximum atomic E-state index is 12.1. The Bertz CT molecular complexity index is 307. The molecule has 3 atom stereocenters. The zero-order chi connectivity index (χ0) is 13.7. The van der Waals surface area contributed by atoms with Gasteiger partial charge in [0.2, 0.25) is 5.91 Å². The number of esters is 1. The zero-order valence-corrected chi connectivity index (χ0v) is 11.1. The van der Waals surface area contributed by atoms with Crippen LogP contribution in [0, 0.1) is 5.92 Å². The van der Waals surface area contributed by atoms with E-state index in [1.165, 1.54) is 12.0 Å². The predicted octanol–water partition coefficient (Wildman–Crippen LogP) is -0.206. The van der Waals surface area contributed by atoms with Crippen LogP contribution in [-0.4, -0.2) is 61.4 Å². The average molecular weight is 259 g/mol. The smallest absolute Gasteiger partial charge is 0.328 e. The highest BCUT2D eigenvalue weighted by molar-refractivity contribution is 5.85. The fraction of sp³-hybridized carbons (Fsp3) is 0.833. The van der Waals surface area contributed by atoms with Gasteiger partial charge in [0.05, 0.1) is 13.2 Å². The third-order valence-electron chi connectivity index (χ3n) is 3.05. The standard InChI is InChI=1S/C12H21NO5/c1-8(7-17-2)4-11(15)13-6-9(14)5-10(13)12(16)18-3/h8-10,14H,4-7H2,1-3H3. The van der Waals surface area contributed by atoms with Crippen molar-refractivity contribution in [3.05, 3.63) is 0 Å². The molecule has 1 amide bonds. The fourth-order valence-electron chi connectivity index (χ4n) is 2.21. The lowest BCUT2D eigenvalue weighted by atomic mass is 10.1. The zero-order valence-electron chi connectivity index (χ0n) is 11.1. The van der Waals surface area contributed by atoms with Crippen LogP contribution in [0.15, 0.2) is 0 Å². The molecule has 0 aromatic carbocycles. The first kappa shape index (κ1) is 14.9. The van der Waals surface area contributed by atoms with Crippen LogP contribution in [0.2, 0.25) is 0 Å². The lowest BCUT2D eigenvalue weighted by Gasteiger charge is -2.23. The van der Waals surface area contributed by atoms with Gasteiger partial charge in [0, 0.05) is 33.1 Å². The molecule has 0 bridgehead atoms. The largest absolute Gasteiger partial charge is 0.467 e. The molecule has 0 saturated carbocycles. The Balaban J connectivity index is 2.62. The number of hydrogen-bond acceptors (Lipinski definition) is 5. The normalized spacial score (nSPS) is 25.0. The highest BCUT2D eigenvalue weighted by Gasteiger charge is 2.39. The van der Waals surface area contributed by atoms with Gasteiger partial charge < -0.3 is 19.5 Å². The van der Waals surface area contributed by atoms with Crippen molar-refractivity contribution >= 4 is 11.9 Å². The van der Waals surface area contributed by atoms with Crippen molar-refractivity contribution in [2.75, 3.05) is 27.4 Å². The van der Waals surface area contributed by atoms with Gasteiger partial charge in [0.15, 0.2) is 0 Å². The number of amides is 1.